The van der Waals surface area contributed by atoms with Crippen LogP contribution in [-0.4, -0.2) is 64.3 Å². The maximum atomic E-state index is 13.0. The van der Waals surface area contributed by atoms with Gasteiger partial charge in [-0.2, -0.15) is 5.10 Å². The minimum atomic E-state index is 0.0353. The number of aryl methyl sites for hydroxylation is 1. The molecule has 6 nitrogen and oxygen atoms in total. The van der Waals surface area contributed by atoms with E-state index in [9.17, 15) is 4.79 Å². The van der Waals surface area contributed by atoms with Crippen molar-refractivity contribution in [3.63, 3.8) is 0 Å². The molecule has 0 unspecified atom stereocenters. The van der Waals surface area contributed by atoms with Crippen molar-refractivity contribution in [2.75, 3.05) is 26.7 Å². The molecule has 2 fully saturated rings. The lowest BCUT2D eigenvalue weighted by atomic mass is 10.1. The van der Waals surface area contributed by atoms with Gasteiger partial charge in [0.05, 0.1) is 17.8 Å². The van der Waals surface area contributed by atoms with Crippen molar-refractivity contribution >= 4 is 5.91 Å². The van der Waals surface area contributed by atoms with Crippen molar-refractivity contribution in [2.45, 2.75) is 25.0 Å². The average molecular weight is 352 g/mol. The molecule has 2 aromatic rings. The first kappa shape index (κ1) is 15.9. The highest BCUT2D eigenvalue weighted by Gasteiger charge is 2.43. The molecule has 0 N–H and O–H groups in total. The zero-order chi connectivity index (χ0) is 17.8. The number of likely N-dealkylation sites (N-methyl/N-ethyl adjacent to an activating group) is 1. The number of carbonyl (C=O) groups is 1. The number of aromatic nitrogens is 2. The van der Waals surface area contributed by atoms with Crippen molar-refractivity contribution in [3.8, 4) is 16.9 Å². The fourth-order valence-corrected chi connectivity index (χ4v) is 4.19. The highest BCUT2D eigenvalue weighted by atomic mass is 16.5. The van der Waals surface area contributed by atoms with Gasteiger partial charge in [-0.05, 0) is 36.5 Å². The van der Waals surface area contributed by atoms with Crippen LogP contribution in [0.4, 0.5) is 0 Å². The van der Waals surface area contributed by atoms with Crippen LogP contribution in [0.1, 0.15) is 23.2 Å². The molecule has 3 aliphatic rings. The van der Waals surface area contributed by atoms with Gasteiger partial charge in [0.15, 0.2) is 0 Å². The summed E-state index contributed by atoms with van der Waals surface area (Å²) >= 11 is 0. The summed E-state index contributed by atoms with van der Waals surface area (Å²) in [5.41, 5.74) is 2.71. The summed E-state index contributed by atoms with van der Waals surface area (Å²) in [7, 11) is 3.81. The van der Waals surface area contributed by atoms with Gasteiger partial charge in [0.25, 0.3) is 5.91 Å². The van der Waals surface area contributed by atoms with Crippen molar-refractivity contribution in [1.82, 2.24) is 19.6 Å². The smallest absolute Gasteiger partial charge is 0.257 e. The summed E-state index contributed by atoms with van der Waals surface area (Å²) in [5, 5.41) is 4.24. The highest BCUT2D eigenvalue weighted by molar-refractivity contribution is 5.98. The number of amides is 1. The molecule has 1 aliphatic carbocycles. The normalized spacial score (nSPS) is 25.6. The Labute approximate surface area is 153 Å². The molecule has 3 heterocycles. The molecule has 1 amide bonds. The average Bonchev–Trinajstić information content (AvgIpc) is 3.21. The topological polar surface area (TPSA) is 50.6 Å². The molecular weight excluding hydrogens is 328 g/mol. The summed E-state index contributed by atoms with van der Waals surface area (Å²) < 4.78 is 8.17. The number of fused-ring (bicyclic) bond motifs is 2. The van der Waals surface area contributed by atoms with Crippen molar-refractivity contribution in [2.24, 2.45) is 13.0 Å². The van der Waals surface area contributed by atoms with Crippen LogP contribution in [0.5, 0.6) is 5.75 Å². The third-order valence-electron chi connectivity index (χ3n) is 5.87. The standard InChI is InChI=1S/C20H24N4O2/c1-22-10-15(8-21-22)14-5-6-16-18(7-14)26-19-12-24(9-13-3-4-13)11-17(19)23(2)20(16)25/h5-8,10,13,17,19H,3-4,9,11-12H2,1-2H3/t17-,19+/m1/s1. The molecule has 6 heteroatoms. The molecule has 0 bridgehead atoms. The Morgan fingerprint density at radius 3 is 2.77 bits per heavy atom. The zero-order valence-corrected chi connectivity index (χ0v) is 15.3. The largest absolute Gasteiger partial charge is 0.486 e. The Bertz CT molecular complexity index is 857. The van der Waals surface area contributed by atoms with Crippen molar-refractivity contribution in [1.29, 1.82) is 0 Å². The fraction of sp³-hybridized carbons (Fsp3) is 0.500. The second-order valence-corrected chi connectivity index (χ2v) is 7.92. The minimum Gasteiger partial charge on any atom is -0.486 e. The lowest BCUT2D eigenvalue weighted by Gasteiger charge is -2.25. The van der Waals surface area contributed by atoms with E-state index in [1.54, 1.807) is 4.68 Å². The number of hydrogen-bond acceptors (Lipinski definition) is 4. The van der Waals surface area contributed by atoms with E-state index < -0.39 is 0 Å². The molecule has 1 aromatic carbocycles. The Morgan fingerprint density at radius 1 is 1.19 bits per heavy atom. The van der Waals surface area contributed by atoms with E-state index in [-0.39, 0.29) is 18.1 Å². The van der Waals surface area contributed by atoms with Gasteiger partial charge in [-0.15, -0.1) is 0 Å². The Hall–Kier alpha value is -2.34. The summed E-state index contributed by atoms with van der Waals surface area (Å²) in [6.45, 7) is 2.95. The summed E-state index contributed by atoms with van der Waals surface area (Å²) in [6, 6.07) is 5.98. The van der Waals surface area contributed by atoms with Crippen LogP contribution in [0.3, 0.4) is 0 Å². The van der Waals surface area contributed by atoms with Crippen LogP contribution < -0.4 is 4.74 Å². The first-order valence-corrected chi connectivity index (χ1v) is 9.38. The van der Waals surface area contributed by atoms with Gasteiger partial charge in [0.1, 0.15) is 11.9 Å². The third kappa shape index (κ3) is 2.69. The summed E-state index contributed by atoms with van der Waals surface area (Å²) in [5.74, 6) is 1.60. The van der Waals surface area contributed by atoms with Crippen LogP contribution in [0.25, 0.3) is 11.1 Å². The number of benzene rings is 1. The first-order chi connectivity index (χ1) is 12.6. The fourth-order valence-electron chi connectivity index (χ4n) is 4.19. The highest BCUT2D eigenvalue weighted by Crippen LogP contribution is 2.36. The molecule has 0 spiro atoms. The number of hydrogen-bond donors (Lipinski definition) is 0. The number of ether oxygens (including phenoxy) is 1. The predicted molar refractivity (Wildman–Crippen MR) is 98.1 cm³/mol. The first-order valence-electron chi connectivity index (χ1n) is 9.38. The molecule has 2 aliphatic heterocycles. The molecule has 1 aromatic heterocycles. The van der Waals surface area contributed by atoms with E-state index in [2.05, 4.69) is 10.00 Å². The van der Waals surface area contributed by atoms with E-state index in [1.165, 1.54) is 12.8 Å². The van der Waals surface area contributed by atoms with E-state index in [0.717, 1.165) is 36.7 Å². The molecule has 5 rings (SSSR count). The number of carbonyl (C=O) groups excluding carboxylic acids is 1. The van der Waals surface area contributed by atoms with Crippen molar-refractivity contribution < 1.29 is 9.53 Å². The van der Waals surface area contributed by atoms with Crippen LogP contribution in [0.2, 0.25) is 0 Å². The van der Waals surface area contributed by atoms with Crippen molar-refractivity contribution in [3.05, 3.63) is 36.2 Å². The minimum absolute atomic E-state index is 0.0353. The van der Waals surface area contributed by atoms with E-state index in [1.807, 2.05) is 49.6 Å². The quantitative estimate of drug-likeness (QED) is 0.848. The molecule has 2 atom stereocenters. The van der Waals surface area contributed by atoms with Crippen LogP contribution in [0.15, 0.2) is 30.6 Å². The third-order valence-corrected chi connectivity index (χ3v) is 5.87. The van der Waals surface area contributed by atoms with E-state index >= 15 is 0 Å². The number of rotatable bonds is 3. The van der Waals surface area contributed by atoms with Gasteiger partial charge in [-0.3, -0.25) is 14.4 Å². The number of likely N-dealkylation sites (tertiary alicyclic amines) is 1. The van der Waals surface area contributed by atoms with E-state index in [0.29, 0.717) is 11.3 Å². The van der Waals surface area contributed by atoms with Gasteiger partial charge in [0.2, 0.25) is 0 Å². The van der Waals surface area contributed by atoms with Gasteiger partial charge >= 0.3 is 0 Å². The second kappa shape index (κ2) is 5.84. The molecule has 0 radical (unpaired) electrons. The Balaban J connectivity index is 1.46. The molecular formula is C20H24N4O2. The lowest BCUT2D eigenvalue weighted by Crippen LogP contribution is -2.44. The Morgan fingerprint density at radius 2 is 2.04 bits per heavy atom. The number of nitrogens with zero attached hydrogens (tertiary/aromatic N) is 4. The molecule has 1 saturated heterocycles. The second-order valence-electron chi connectivity index (χ2n) is 7.92. The maximum absolute atomic E-state index is 13.0. The predicted octanol–water partition coefficient (Wildman–Crippen LogP) is 2.01. The lowest BCUT2D eigenvalue weighted by molar-refractivity contribution is 0.0682. The van der Waals surface area contributed by atoms with Gasteiger partial charge in [-0.25, -0.2) is 0 Å². The van der Waals surface area contributed by atoms with Gasteiger partial charge in [0, 0.05) is 45.5 Å². The maximum Gasteiger partial charge on any atom is 0.257 e. The van der Waals surface area contributed by atoms with Gasteiger partial charge < -0.3 is 9.64 Å². The van der Waals surface area contributed by atoms with Gasteiger partial charge in [-0.1, -0.05) is 6.07 Å². The SMILES string of the molecule is CN1C(=O)c2ccc(-c3cnn(C)c3)cc2O[C@H]2CN(CC3CC3)C[C@H]21. The monoisotopic (exact) mass is 352 g/mol. The van der Waals surface area contributed by atoms with E-state index in [4.69, 9.17) is 4.74 Å². The van der Waals surface area contributed by atoms with Crippen LogP contribution in [-0.2, 0) is 7.05 Å². The summed E-state index contributed by atoms with van der Waals surface area (Å²) in [6.07, 6.45) is 6.54. The molecule has 1 saturated carbocycles. The molecule has 26 heavy (non-hydrogen) atoms. The zero-order valence-electron chi connectivity index (χ0n) is 15.3. The van der Waals surface area contributed by atoms with Crippen LogP contribution >= 0.6 is 0 Å². The Kier molecular flexibility index (Phi) is 3.57. The summed E-state index contributed by atoms with van der Waals surface area (Å²) in [4.78, 5) is 17.3. The van der Waals surface area contributed by atoms with Crippen LogP contribution in [0, 0.1) is 5.92 Å². The molecule has 136 valence electrons.